The summed E-state index contributed by atoms with van der Waals surface area (Å²) in [6.07, 6.45) is 0. The first-order valence-electron chi connectivity index (χ1n) is 4.84. The molecule has 1 rings (SSSR count). The predicted molar refractivity (Wildman–Crippen MR) is 57.2 cm³/mol. The molecule has 15 heavy (non-hydrogen) atoms. The highest BCUT2D eigenvalue weighted by atomic mass is 16.5. The van der Waals surface area contributed by atoms with Gasteiger partial charge in [0.1, 0.15) is 6.61 Å². The molecule has 0 radical (unpaired) electrons. The van der Waals surface area contributed by atoms with Crippen molar-refractivity contribution in [3.8, 4) is 11.5 Å². The Morgan fingerprint density at radius 2 is 1.87 bits per heavy atom. The lowest BCUT2D eigenvalue weighted by Crippen LogP contribution is -2.20. The molecular formula is C11H15NO3. The van der Waals surface area contributed by atoms with E-state index in [2.05, 4.69) is 0 Å². The predicted octanol–water partition coefficient (Wildman–Crippen LogP) is 0.992. The fourth-order valence-electron chi connectivity index (χ4n) is 1.06. The van der Waals surface area contributed by atoms with Gasteiger partial charge in [0.25, 0.3) is 0 Å². The maximum Gasteiger partial charge on any atom is 0.183 e. The van der Waals surface area contributed by atoms with Crippen LogP contribution in [-0.4, -0.2) is 25.5 Å². The molecule has 1 aromatic rings. The molecule has 4 heteroatoms. The van der Waals surface area contributed by atoms with Crippen molar-refractivity contribution in [2.45, 2.75) is 6.92 Å². The van der Waals surface area contributed by atoms with Gasteiger partial charge < -0.3 is 15.2 Å². The van der Waals surface area contributed by atoms with E-state index >= 15 is 0 Å². The summed E-state index contributed by atoms with van der Waals surface area (Å²) < 4.78 is 10.6. The Bertz CT molecular complexity index is 325. The Morgan fingerprint density at radius 3 is 2.40 bits per heavy atom. The molecule has 2 N–H and O–H groups in total. The van der Waals surface area contributed by atoms with Gasteiger partial charge in [-0.15, -0.1) is 0 Å². The molecule has 0 aliphatic carbocycles. The van der Waals surface area contributed by atoms with Crippen LogP contribution >= 0.6 is 0 Å². The summed E-state index contributed by atoms with van der Waals surface area (Å²) in [6, 6.07) is 7.23. The second-order valence-corrected chi connectivity index (χ2v) is 2.91. The van der Waals surface area contributed by atoms with Crippen LogP contribution in [0.2, 0.25) is 0 Å². The summed E-state index contributed by atoms with van der Waals surface area (Å²) in [5.41, 5.74) is 5.17. The minimum Gasteiger partial charge on any atom is -0.490 e. The smallest absolute Gasteiger partial charge is 0.183 e. The molecule has 0 heterocycles. The van der Waals surface area contributed by atoms with E-state index < -0.39 is 0 Å². The van der Waals surface area contributed by atoms with Gasteiger partial charge in [-0.3, -0.25) is 4.79 Å². The number of para-hydroxylation sites is 2. The zero-order chi connectivity index (χ0) is 11.1. The molecule has 0 fully saturated rings. The molecule has 0 saturated heterocycles. The van der Waals surface area contributed by atoms with Crippen molar-refractivity contribution in [1.29, 1.82) is 0 Å². The molecule has 0 unspecified atom stereocenters. The Morgan fingerprint density at radius 1 is 1.27 bits per heavy atom. The van der Waals surface area contributed by atoms with Gasteiger partial charge in [-0.05, 0) is 19.1 Å². The summed E-state index contributed by atoms with van der Waals surface area (Å²) in [6.45, 7) is 2.43. The van der Waals surface area contributed by atoms with Gasteiger partial charge >= 0.3 is 0 Å². The first kappa shape index (κ1) is 11.5. The van der Waals surface area contributed by atoms with E-state index in [4.69, 9.17) is 15.2 Å². The lowest BCUT2D eigenvalue weighted by Gasteiger charge is -2.10. The Balaban J connectivity index is 2.62. The second kappa shape index (κ2) is 6.03. The first-order valence-corrected chi connectivity index (χ1v) is 4.84. The quantitative estimate of drug-likeness (QED) is 0.759. The lowest BCUT2D eigenvalue weighted by molar-refractivity contribution is -0.119. The van der Waals surface area contributed by atoms with Gasteiger partial charge in [0.2, 0.25) is 0 Å². The molecule has 82 valence electrons. The Hall–Kier alpha value is -1.55. The van der Waals surface area contributed by atoms with Crippen LogP contribution in [0.15, 0.2) is 24.3 Å². The van der Waals surface area contributed by atoms with E-state index in [9.17, 15) is 4.79 Å². The average Bonchev–Trinajstić information content (AvgIpc) is 2.28. The first-order chi connectivity index (χ1) is 7.27. The fraction of sp³-hybridized carbons (Fsp3) is 0.364. The summed E-state index contributed by atoms with van der Waals surface area (Å²) in [5.74, 6) is 1.08. The highest BCUT2D eigenvalue weighted by molar-refractivity contribution is 5.81. The monoisotopic (exact) mass is 209 g/mol. The van der Waals surface area contributed by atoms with Gasteiger partial charge in [0, 0.05) is 0 Å². The molecule has 0 saturated carbocycles. The van der Waals surface area contributed by atoms with Crippen LogP contribution in [-0.2, 0) is 4.79 Å². The number of nitrogens with two attached hydrogens (primary N) is 1. The normalized spacial score (nSPS) is 9.73. The van der Waals surface area contributed by atoms with Crippen LogP contribution < -0.4 is 15.2 Å². The lowest BCUT2D eigenvalue weighted by atomic mass is 10.3. The van der Waals surface area contributed by atoms with E-state index in [1.54, 1.807) is 12.1 Å². The topological polar surface area (TPSA) is 61.5 Å². The average molecular weight is 209 g/mol. The Labute approximate surface area is 89.0 Å². The van der Waals surface area contributed by atoms with Crippen LogP contribution in [0.4, 0.5) is 0 Å². The third-order valence-corrected chi connectivity index (χ3v) is 1.77. The molecule has 0 aliphatic rings. The van der Waals surface area contributed by atoms with Gasteiger partial charge in [-0.25, -0.2) is 0 Å². The van der Waals surface area contributed by atoms with E-state index in [1.807, 2.05) is 19.1 Å². The molecule has 0 bridgehead atoms. The number of hydrogen-bond acceptors (Lipinski definition) is 4. The van der Waals surface area contributed by atoms with E-state index in [0.717, 1.165) is 0 Å². The summed E-state index contributed by atoms with van der Waals surface area (Å²) >= 11 is 0. The zero-order valence-electron chi connectivity index (χ0n) is 8.73. The van der Waals surface area contributed by atoms with Crippen LogP contribution in [0.3, 0.4) is 0 Å². The van der Waals surface area contributed by atoms with Crippen LogP contribution in [0.1, 0.15) is 6.92 Å². The molecule has 0 aliphatic heterocycles. The number of carbonyl (C=O) groups is 1. The van der Waals surface area contributed by atoms with Crippen molar-refractivity contribution in [3.05, 3.63) is 24.3 Å². The highest BCUT2D eigenvalue weighted by Gasteiger charge is 2.05. The van der Waals surface area contributed by atoms with Crippen LogP contribution in [0.5, 0.6) is 11.5 Å². The van der Waals surface area contributed by atoms with Gasteiger partial charge in [-0.1, -0.05) is 12.1 Å². The second-order valence-electron chi connectivity index (χ2n) is 2.91. The van der Waals surface area contributed by atoms with Gasteiger partial charge in [0.05, 0.1) is 13.2 Å². The van der Waals surface area contributed by atoms with Gasteiger partial charge in [-0.2, -0.15) is 0 Å². The minimum absolute atomic E-state index is 0.00317. The fourth-order valence-corrected chi connectivity index (χ4v) is 1.06. The molecule has 0 spiro atoms. The van der Waals surface area contributed by atoms with Gasteiger partial charge in [0.15, 0.2) is 17.3 Å². The van der Waals surface area contributed by atoms with Crippen molar-refractivity contribution in [1.82, 2.24) is 0 Å². The molecular weight excluding hydrogens is 194 g/mol. The zero-order valence-corrected chi connectivity index (χ0v) is 8.73. The van der Waals surface area contributed by atoms with E-state index in [0.29, 0.717) is 18.1 Å². The molecule has 4 nitrogen and oxygen atoms in total. The number of carbonyl (C=O) groups excluding carboxylic acids is 1. The van der Waals surface area contributed by atoms with Crippen LogP contribution in [0.25, 0.3) is 0 Å². The summed E-state index contributed by atoms with van der Waals surface area (Å²) in [4.78, 5) is 11.0. The number of hydrogen-bond donors (Lipinski definition) is 1. The largest absolute Gasteiger partial charge is 0.490 e. The van der Waals surface area contributed by atoms with Crippen LogP contribution in [0, 0.1) is 0 Å². The molecule has 0 amide bonds. The van der Waals surface area contributed by atoms with Crippen molar-refractivity contribution in [2.75, 3.05) is 19.8 Å². The van der Waals surface area contributed by atoms with E-state index in [-0.39, 0.29) is 18.9 Å². The number of rotatable bonds is 6. The van der Waals surface area contributed by atoms with Crippen molar-refractivity contribution >= 4 is 5.78 Å². The minimum atomic E-state index is -0.138. The number of ether oxygens (including phenoxy) is 2. The Kier molecular flexibility index (Phi) is 4.63. The maximum atomic E-state index is 11.0. The number of ketones is 1. The molecule has 0 atom stereocenters. The van der Waals surface area contributed by atoms with Crippen molar-refractivity contribution < 1.29 is 14.3 Å². The SMILES string of the molecule is CCOc1ccccc1OCC(=O)CN. The highest BCUT2D eigenvalue weighted by Crippen LogP contribution is 2.26. The number of benzene rings is 1. The third kappa shape index (κ3) is 3.59. The number of Topliss-reactive ketones (excluding diaryl/α,β-unsaturated/α-hetero) is 1. The molecule has 0 aromatic heterocycles. The maximum absolute atomic E-state index is 11.0. The van der Waals surface area contributed by atoms with Crippen molar-refractivity contribution in [2.24, 2.45) is 5.73 Å². The third-order valence-electron chi connectivity index (χ3n) is 1.77. The van der Waals surface area contributed by atoms with E-state index in [1.165, 1.54) is 0 Å². The summed E-state index contributed by atoms with van der Waals surface area (Å²) in [5, 5.41) is 0. The van der Waals surface area contributed by atoms with Crippen molar-refractivity contribution in [3.63, 3.8) is 0 Å². The molecule has 1 aromatic carbocycles. The standard InChI is InChI=1S/C11H15NO3/c1-2-14-10-5-3-4-6-11(10)15-8-9(13)7-12/h3-6H,2,7-8,12H2,1H3. The summed E-state index contributed by atoms with van der Waals surface area (Å²) in [7, 11) is 0.